The van der Waals surface area contributed by atoms with Crippen LogP contribution < -0.4 is 0 Å². The molecule has 0 radical (unpaired) electrons. The van der Waals surface area contributed by atoms with E-state index in [9.17, 15) is 9.18 Å². The second-order valence-electron chi connectivity index (χ2n) is 7.10. The van der Waals surface area contributed by atoms with Crippen LogP contribution in [-0.2, 0) is 24.3 Å². The maximum absolute atomic E-state index is 14.1. The lowest BCUT2D eigenvalue weighted by Gasteiger charge is -2.25. The minimum Gasteiger partial charge on any atom is -0.341 e. The van der Waals surface area contributed by atoms with E-state index in [1.165, 1.54) is 6.07 Å². The van der Waals surface area contributed by atoms with Gasteiger partial charge in [0.1, 0.15) is 17.5 Å². The molecular weight excluding hydrogens is 333 g/mol. The highest BCUT2D eigenvalue weighted by molar-refractivity contribution is 5.73. The van der Waals surface area contributed by atoms with Gasteiger partial charge in [-0.2, -0.15) is 0 Å². The average Bonchev–Trinajstić information content (AvgIpc) is 3.17. The van der Waals surface area contributed by atoms with Gasteiger partial charge in [-0.1, -0.05) is 18.2 Å². The first-order chi connectivity index (χ1) is 12.6. The summed E-state index contributed by atoms with van der Waals surface area (Å²) < 4.78 is 16.2. The van der Waals surface area contributed by atoms with Gasteiger partial charge in [0, 0.05) is 45.1 Å². The number of hydrogen-bond donors (Lipinski definition) is 0. The SMILES string of the molecule is CC(=O)N1CCc2nnc(C3CCCN3Cc3ccccc3F)n2CC1. The fourth-order valence-electron chi connectivity index (χ4n) is 4.06. The first-order valence-electron chi connectivity index (χ1n) is 9.28. The molecule has 0 saturated carbocycles. The number of fused-ring (bicyclic) bond motifs is 1. The summed E-state index contributed by atoms with van der Waals surface area (Å²) >= 11 is 0. The van der Waals surface area contributed by atoms with Gasteiger partial charge < -0.3 is 9.47 Å². The Morgan fingerprint density at radius 3 is 2.85 bits per heavy atom. The normalized spacial score (nSPS) is 20.8. The second kappa shape index (κ2) is 7.15. The maximum atomic E-state index is 14.1. The lowest BCUT2D eigenvalue weighted by molar-refractivity contribution is -0.128. The number of benzene rings is 1. The molecule has 4 rings (SSSR count). The van der Waals surface area contributed by atoms with Gasteiger partial charge in [0.05, 0.1) is 6.04 Å². The summed E-state index contributed by atoms with van der Waals surface area (Å²) in [6, 6.07) is 7.11. The molecule has 0 aliphatic carbocycles. The Labute approximate surface area is 152 Å². The highest BCUT2D eigenvalue weighted by Gasteiger charge is 2.32. The molecule has 0 spiro atoms. The third-order valence-electron chi connectivity index (χ3n) is 5.49. The van der Waals surface area contributed by atoms with Crippen LogP contribution in [0.2, 0.25) is 0 Å². The summed E-state index contributed by atoms with van der Waals surface area (Å²) in [6.45, 7) is 5.23. The number of hydrogen-bond acceptors (Lipinski definition) is 4. The summed E-state index contributed by atoms with van der Waals surface area (Å²) in [4.78, 5) is 15.9. The minimum atomic E-state index is -0.157. The van der Waals surface area contributed by atoms with Crippen LogP contribution in [-0.4, -0.2) is 50.1 Å². The number of carbonyl (C=O) groups excluding carboxylic acids is 1. The molecule has 26 heavy (non-hydrogen) atoms. The predicted molar refractivity (Wildman–Crippen MR) is 94.8 cm³/mol. The molecule has 2 aliphatic rings. The van der Waals surface area contributed by atoms with E-state index < -0.39 is 0 Å². The zero-order chi connectivity index (χ0) is 18.1. The van der Waals surface area contributed by atoms with Gasteiger partial charge in [0.15, 0.2) is 0 Å². The minimum absolute atomic E-state index is 0.104. The number of amides is 1. The van der Waals surface area contributed by atoms with Crippen molar-refractivity contribution in [2.24, 2.45) is 0 Å². The number of rotatable bonds is 3. The molecule has 7 heteroatoms. The maximum Gasteiger partial charge on any atom is 0.219 e. The van der Waals surface area contributed by atoms with E-state index >= 15 is 0 Å². The smallest absolute Gasteiger partial charge is 0.219 e. The van der Waals surface area contributed by atoms with E-state index in [0.717, 1.165) is 49.6 Å². The Hall–Kier alpha value is -2.28. The van der Waals surface area contributed by atoms with Crippen molar-refractivity contribution in [2.75, 3.05) is 19.6 Å². The molecular formula is C19H24FN5O. The van der Waals surface area contributed by atoms with Crippen molar-refractivity contribution in [1.82, 2.24) is 24.6 Å². The van der Waals surface area contributed by atoms with Crippen molar-refractivity contribution in [1.29, 1.82) is 0 Å². The van der Waals surface area contributed by atoms with Crippen LogP contribution in [0, 0.1) is 5.82 Å². The van der Waals surface area contributed by atoms with Crippen LogP contribution in [0.1, 0.15) is 43.0 Å². The Kier molecular flexibility index (Phi) is 4.72. The quantitative estimate of drug-likeness (QED) is 0.845. The monoisotopic (exact) mass is 357 g/mol. The van der Waals surface area contributed by atoms with Gasteiger partial charge >= 0.3 is 0 Å². The Balaban J connectivity index is 1.55. The average molecular weight is 357 g/mol. The molecule has 0 N–H and O–H groups in total. The third-order valence-corrected chi connectivity index (χ3v) is 5.49. The van der Waals surface area contributed by atoms with Crippen LogP contribution in [0.3, 0.4) is 0 Å². The summed E-state index contributed by atoms with van der Waals surface area (Å²) in [6.07, 6.45) is 2.80. The molecule has 1 aromatic carbocycles. The van der Waals surface area contributed by atoms with Crippen molar-refractivity contribution in [3.05, 3.63) is 47.3 Å². The topological polar surface area (TPSA) is 54.3 Å². The van der Waals surface area contributed by atoms with E-state index in [0.29, 0.717) is 19.6 Å². The van der Waals surface area contributed by atoms with Crippen molar-refractivity contribution >= 4 is 5.91 Å². The van der Waals surface area contributed by atoms with Crippen LogP contribution in [0.25, 0.3) is 0 Å². The summed E-state index contributed by atoms with van der Waals surface area (Å²) in [7, 11) is 0. The number of halogens is 1. The van der Waals surface area contributed by atoms with Crippen molar-refractivity contribution in [2.45, 2.75) is 45.3 Å². The molecule has 3 heterocycles. The molecule has 1 amide bonds. The van der Waals surface area contributed by atoms with Gasteiger partial charge in [0.25, 0.3) is 0 Å². The first-order valence-corrected chi connectivity index (χ1v) is 9.28. The fourth-order valence-corrected chi connectivity index (χ4v) is 4.06. The zero-order valence-electron chi connectivity index (χ0n) is 15.1. The largest absolute Gasteiger partial charge is 0.341 e. The molecule has 0 bridgehead atoms. The lowest BCUT2D eigenvalue weighted by atomic mass is 10.1. The fraction of sp³-hybridized carbons (Fsp3) is 0.526. The Morgan fingerprint density at radius 2 is 2.04 bits per heavy atom. The van der Waals surface area contributed by atoms with E-state index in [4.69, 9.17) is 0 Å². The van der Waals surface area contributed by atoms with Crippen molar-refractivity contribution in [3.8, 4) is 0 Å². The highest BCUT2D eigenvalue weighted by Crippen LogP contribution is 2.33. The zero-order valence-corrected chi connectivity index (χ0v) is 15.1. The van der Waals surface area contributed by atoms with Crippen LogP contribution >= 0.6 is 0 Å². The number of nitrogens with zero attached hydrogens (tertiary/aromatic N) is 5. The predicted octanol–water partition coefficient (Wildman–Crippen LogP) is 2.16. The number of likely N-dealkylation sites (tertiary alicyclic amines) is 1. The molecule has 1 saturated heterocycles. The van der Waals surface area contributed by atoms with E-state index in [-0.39, 0.29) is 17.8 Å². The Morgan fingerprint density at radius 1 is 1.19 bits per heavy atom. The molecule has 1 unspecified atom stereocenters. The molecule has 2 aliphatic heterocycles. The highest BCUT2D eigenvalue weighted by atomic mass is 19.1. The summed E-state index contributed by atoms with van der Waals surface area (Å²) in [5.41, 5.74) is 0.720. The third kappa shape index (κ3) is 3.23. The van der Waals surface area contributed by atoms with E-state index in [1.54, 1.807) is 13.0 Å². The molecule has 1 fully saturated rings. The molecule has 6 nitrogen and oxygen atoms in total. The van der Waals surface area contributed by atoms with Gasteiger partial charge in [-0.15, -0.1) is 10.2 Å². The van der Waals surface area contributed by atoms with Crippen molar-refractivity contribution < 1.29 is 9.18 Å². The van der Waals surface area contributed by atoms with Gasteiger partial charge in [-0.3, -0.25) is 9.69 Å². The molecule has 138 valence electrons. The second-order valence-corrected chi connectivity index (χ2v) is 7.10. The molecule has 1 atom stereocenters. The van der Waals surface area contributed by atoms with Crippen LogP contribution in [0.4, 0.5) is 4.39 Å². The summed E-state index contributed by atoms with van der Waals surface area (Å²) in [5.74, 6) is 1.85. The van der Waals surface area contributed by atoms with Gasteiger partial charge in [0.2, 0.25) is 5.91 Å². The molecule has 1 aromatic heterocycles. The van der Waals surface area contributed by atoms with Crippen LogP contribution in [0.5, 0.6) is 0 Å². The van der Waals surface area contributed by atoms with Crippen LogP contribution in [0.15, 0.2) is 24.3 Å². The van der Waals surface area contributed by atoms with Crippen molar-refractivity contribution in [3.63, 3.8) is 0 Å². The van der Waals surface area contributed by atoms with E-state index in [2.05, 4.69) is 19.7 Å². The summed E-state index contributed by atoms with van der Waals surface area (Å²) in [5, 5.41) is 8.87. The number of aromatic nitrogens is 3. The standard InChI is InChI=1S/C19H24FN5O/c1-14(26)23-10-8-18-21-22-19(25(18)12-11-23)17-7-4-9-24(17)13-15-5-2-3-6-16(15)20/h2-3,5-6,17H,4,7-13H2,1H3. The lowest BCUT2D eigenvalue weighted by Crippen LogP contribution is -2.32. The van der Waals surface area contributed by atoms with E-state index in [1.807, 2.05) is 17.0 Å². The Bertz CT molecular complexity index is 805. The van der Waals surface area contributed by atoms with Gasteiger partial charge in [-0.25, -0.2) is 4.39 Å². The molecule has 2 aromatic rings. The number of carbonyl (C=O) groups is 1. The first kappa shape index (κ1) is 17.1. The van der Waals surface area contributed by atoms with Gasteiger partial charge in [-0.05, 0) is 25.5 Å².